The second-order valence-electron chi connectivity index (χ2n) is 3.63. The Morgan fingerprint density at radius 3 is 2.76 bits per heavy atom. The van der Waals surface area contributed by atoms with Crippen LogP contribution < -0.4 is 4.74 Å². The number of rotatable bonds is 3. The van der Waals surface area contributed by atoms with Gasteiger partial charge >= 0.3 is 0 Å². The summed E-state index contributed by atoms with van der Waals surface area (Å²) in [7, 11) is 1.45. The molecule has 4 nitrogen and oxygen atoms in total. The Kier molecular flexibility index (Phi) is 3.82. The molecule has 1 unspecified atom stereocenters. The van der Waals surface area contributed by atoms with Crippen LogP contribution in [0.2, 0.25) is 5.02 Å². The Hall–Kier alpha value is -0.490. The van der Waals surface area contributed by atoms with Gasteiger partial charge in [0.25, 0.3) is 9.05 Å². The molecule has 0 spiro atoms. The summed E-state index contributed by atoms with van der Waals surface area (Å²) >= 11 is 5.74. The lowest BCUT2D eigenvalue weighted by Gasteiger charge is -2.14. The van der Waals surface area contributed by atoms with E-state index >= 15 is 0 Å². The first-order chi connectivity index (χ1) is 7.97. The molecule has 0 amide bonds. The van der Waals surface area contributed by atoms with Crippen molar-refractivity contribution in [3.05, 3.63) is 23.2 Å². The summed E-state index contributed by atoms with van der Waals surface area (Å²) in [6.45, 7) is 1.06. The molecule has 0 radical (unpaired) electrons. The lowest BCUT2D eigenvalue weighted by Crippen LogP contribution is -2.16. The molecule has 7 heteroatoms. The topological polar surface area (TPSA) is 52.6 Å². The van der Waals surface area contributed by atoms with Crippen molar-refractivity contribution in [1.29, 1.82) is 0 Å². The molecule has 1 aliphatic heterocycles. The van der Waals surface area contributed by atoms with Crippen molar-refractivity contribution in [2.45, 2.75) is 17.4 Å². The van der Waals surface area contributed by atoms with E-state index in [1.165, 1.54) is 12.1 Å². The van der Waals surface area contributed by atoms with Gasteiger partial charge in [-0.25, -0.2) is 8.42 Å². The van der Waals surface area contributed by atoms with Crippen molar-refractivity contribution in [2.24, 2.45) is 0 Å². The van der Waals surface area contributed by atoms with Gasteiger partial charge in [-0.2, -0.15) is 0 Å². The molecule has 0 N–H and O–H groups in total. The molecule has 0 aliphatic carbocycles. The molecule has 1 aliphatic rings. The zero-order chi connectivity index (χ0) is 12.5. The maximum Gasteiger partial charge on any atom is 0.265 e. The largest absolute Gasteiger partial charge is 0.487 e. The van der Waals surface area contributed by atoms with Crippen LogP contribution >= 0.6 is 22.3 Å². The van der Waals surface area contributed by atoms with Gasteiger partial charge in [0.1, 0.15) is 16.7 Å². The first-order valence-corrected chi connectivity index (χ1v) is 7.64. The van der Waals surface area contributed by atoms with Crippen LogP contribution in [0.25, 0.3) is 0 Å². The summed E-state index contributed by atoms with van der Waals surface area (Å²) in [5.41, 5.74) is 0. The van der Waals surface area contributed by atoms with Crippen molar-refractivity contribution in [3.63, 3.8) is 0 Å². The van der Waals surface area contributed by atoms with Crippen molar-refractivity contribution in [2.75, 3.05) is 13.2 Å². The zero-order valence-electron chi connectivity index (χ0n) is 8.73. The fraction of sp³-hybridized carbons (Fsp3) is 0.400. The van der Waals surface area contributed by atoms with Crippen LogP contribution in [0.4, 0.5) is 0 Å². The third-order valence-electron chi connectivity index (χ3n) is 2.35. The van der Waals surface area contributed by atoms with Crippen molar-refractivity contribution < 1.29 is 17.9 Å². The smallest absolute Gasteiger partial charge is 0.265 e. The second kappa shape index (κ2) is 5.02. The van der Waals surface area contributed by atoms with E-state index in [1.807, 2.05) is 0 Å². The summed E-state index contributed by atoms with van der Waals surface area (Å²) in [6.07, 6.45) is 0.582. The molecule has 0 saturated carbocycles. The molecular formula is C10H10Cl2O4S. The van der Waals surface area contributed by atoms with Crippen LogP contribution in [0.1, 0.15) is 6.42 Å². The summed E-state index contributed by atoms with van der Waals surface area (Å²) in [5, 5.41) is 0.291. The summed E-state index contributed by atoms with van der Waals surface area (Å²) < 4.78 is 33.4. The van der Waals surface area contributed by atoms with Gasteiger partial charge in [-0.15, -0.1) is 0 Å². The molecule has 1 heterocycles. The van der Waals surface area contributed by atoms with Gasteiger partial charge in [-0.3, -0.25) is 0 Å². The zero-order valence-corrected chi connectivity index (χ0v) is 11.1. The van der Waals surface area contributed by atoms with E-state index in [0.717, 1.165) is 6.42 Å². The highest BCUT2D eigenvalue weighted by Gasteiger charge is 2.22. The average Bonchev–Trinajstić information content (AvgIpc) is 2.72. The SMILES string of the molecule is O=S(=O)(Cl)c1cc(Cl)ccc1OC1CCOC1. The molecule has 1 saturated heterocycles. The van der Waals surface area contributed by atoms with E-state index in [1.54, 1.807) is 6.07 Å². The molecule has 0 bridgehead atoms. The Balaban J connectivity index is 2.32. The predicted octanol–water partition coefficient (Wildman–Crippen LogP) is 2.44. The lowest BCUT2D eigenvalue weighted by atomic mass is 10.3. The molecule has 1 atom stereocenters. The van der Waals surface area contributed by atoms with Gasteiger partial charge in [-0.1, -0.05) is 11.6 Å². The predicted molar refractivity (Wildman–Crippen MR) is 64.3 cm³/mol. The number of benzene rings is 1. The third kappa shape index (κ3) is 3.25. The normalized spacial score (nSPS) is 20.5. The van der Waals surface area contributed by atoms with Gasteiger partial charge in [0.2, 0.25) is 0 Å². The molecule has 17 heavy (non-hydrogen) atoms. The number of hydrogen-bond donors (Lipinski definition) is 0. The fourth-order valence-electron chi connectivity index (χ4n) is 1.56. The van der Waals surface area contributed by atoms with E-state index in [4.69, 9.17) is 31.8 Å². The van der Waals surface area contributed by atoms with E-state index in [-0.39, 0.29) is 16.7 Å². The van der Waals surface area contributed by atoms with Gasteiger partial charge in [0, 0.05) is 22.1 Å². The van der Waals surface area contributed by atoms with Crippen LogP contribution in [0.3, 0.4) is 0 Å². The monoisotopic (exact) mass is 296 g/mol. The molecule has 1 aromatic carbocycles. The second-order valence-corrected chi connectivity index (χ2v) is 6.60. The van der Waals surface area contributed by atoms with Crippen LogP contribution in [0.5, 0.6) is 5.75 Å². The Morgan fingerprint density at radius 1 is 1.41 bits per heavy atom. The van der Waals surface area contributed by atoms with Crippen LogP contribution in [-0.2, 0) is 13.8 Å². The highest BCUT2D eigenvalue weighted by molar-refractivity contribution is 8.13. The maximum absolute atomic E-state index is 11.4. The van der Waals surface area contributed by atoms with E-state index in [2.05, 4.69) is 0 Å². The maximum atomic E-state index is 11.4. The molecular weight excluding hydrogens is 287 g/mol. The summed E-state index contributed by atoms with van der Waals surface area (Å²) in [5.74, 6) is 0.208. The van der Waals surface area contributed by atoms with Crippen LogP contribution in [0.15, 0.2) is 23.1 Å². The van der Waals surface area contributed by atoms with Crippen molar-refractivity contribution >= 4 is 31.3 Å². The number of halogens is 2. The lowest BCUT2D eigenvalue weighted by molar-refractivity contribution is 0.139. The minimum atomic E-state index is -3.88. The van der Waals surface area contributed by atoms with Gasteiger partial charge in [-0.05, 0) is 18.2 Å². The Labute approximate surface area is 109 Å². The standard InChI is InChI=1S/C10H10Cl2O4S/c11-7-1-2-9(10(5-7)17(12,13)14)16-8-3-4-15-6-8/h1-2,5,8H,3-4,6H2. The van der Waals surface area contributed by atoms with E-state index in [9.17, 15) is 8.42 Å². The van der Waals surface area contributed by atoms with Gasteiger partial charge in [0.15, 0.2) is 0 Å². The summed E-state index contributed by atoms with van der Waals surface area (Å²) in [4.78, 5) is -0.112. The van der Waals surface area contributed by atoms with Crippen molar-refractivity contribution in [1.82, 2.24) is 0 Å². The molecule has 1 fully saturated rings. The van der Waals surface area contributed by atoms with Crippen LogP contribution in [-0.4, -0.2) is 27.7 Å². The quantitative estimate of drug-likeness (QED) is 0.804. The highest BCUT2D eigenvalue weighted by atomic mass is 35.7. The van der Waals surface area contributed by atoms with E-state index < -0.39 is 9.05 Å². The minimum absolute atomic E-state index is 0.112. The molecule has 1 aromatic rings. The number of ether oxygens (including phenoxy) is 2. The Bertz CT molecular complexity index is 509. The van der Waals surface area contributed by atoms with Crippen molar-refractivity contribution in [3.8, 4) is 5.75 Å². The van der Waals surface area contributed by atoms with Crippen LogP contribution in [0, 0.1) is 0 Å². The number of hydrogen-bond acceptors (Lipinski definition) is 4. The molecule has 94 valence electrons. The van der Waals surface area contributed by atoms with Gasteiger partial charge < -0.3 is 9.47 Å². The fourth-order valence-corrected chi connectivity index (χ4v) is 2.78. The first kappa shape index (κ1) is 13.0. The van der Waals surface area contributed by atoms with Gasteiger partial charge in [0.05, 0.1) is 13.2 Å². The minimum Gasteiger partial charge on any atom is -0.487 e. The molecule has 2 rings (SSSR count). The first-order valence-electron chi connectivity index (χ1n) is 4.95. The summed E-state index contributed by atoms with van der Waals surface area (Å²) in [6, 6.07) is 4.32. The average molecular weight is 297 g/mol. The molecule has 0 aromatic heterocycles. The third-order valence-corrected chi connectivity index (χ3v) is 3.93. The highest BCUT2D eigenvalue weighted by Crippen LogP contribution is 2.31. The van der Waals surface area contributed by atoms with E-state index in [0.29, 0.717) is 18.2 Å². The Morgan fingerprint density at radius 2 is 2.18 bits per heavy atom.